The fraction of sp³-hybridized carbons (Fsp3) is 0.889. The van der Waals surface area contributed by atoms with E-state index in [1.807, 2.05) is 0 Å². The van der Waals surface area contributed by atoms with E-state index in [9.17, 15) is 9.59 Å². The van der Waals surface area contributed by atoms with Crippen molar-refractivity contribution in [1.82, 2.24) is 10.2 Å². The van der Waals surface area contributed by atoms with Crippen LogP contribution in [0.1, 0.15) is 51.9 Å². The van der Waals surface area contributed by atoms with Crippen molar-refractivity contribution < 1.29 is 14.3 Å². The van der Waals surface area contributed by atoms with Gasteiger partial charge in [-0.25, -0.2) is 0 Å². The van der Waals surface area contributed by atoms with Gasteiger partial charge in [-0.1, -0.05) is 26.2 Å². The summed E-state index contributed by atoms with van der Waals surface area (Å²) in [5, 5.41) is 2.98. The van der Waals surface area contributed by atoms with Crippen LogP contribution in [-0.4, -0.2) is 49.1 Å². The van der Waals surface area contributed by atoms with Crippen molar-refractivity contribution >= 4 is 11.8 Å². The number of methoxy groups -OCH3 is 1. The summed E-state index contributed by atoms with van der Waals surface area (Å²) in [7, 11) is 1.53. The van der Waals surface area contributed by atoms with Gasteiger partial charge in [-0.15, -0.1) is 0 Å². The maximum Gasteiger partial charge on any atom is 0.245 e. The van der Waals surface area contributed by atoms with Crippen LogP contribution in [-0.2, 0) is 14.3 Å². The molecule has 3 fully saturated rings. The van der Waals surface area contributed by atoms with Crippen molar-refractivity contribution in [3.05, 3.63) is 0 Å². The van der Waals surface area contributed by atoms with Crippen LogP contribution in [0, 0.1) is 17.8 Å². The Balaban J connectivity index is 1.63. The molecule has 3 aliphatic rings. The van der Waals surface area contributed by atoms with Gasteiger partial charge >= 0.3 is 0 Å². The molecule has 130 valence electrons. The number of likely N-dealkylation sites (tertiary alicyclic amines) is 1. The third-order valence-corrected chi connectivity index (χ3v) is 6.22. The van der Waals surface area contributed by atoms with E-state index in [1.54, 1.807) is 0 Å². The molecule has 2 saturated carbocycles. The van der Waals surface area contributed by atoms with Gasteiger partial charge in [-0.3, -0.25) is 9.59 Å². The topological polar surface area (TPSA) is 58.6 Å². The Morgan fingerprint density at radius 1 is 1.30 bits per heavy atom. The normalized spacial score (nSPS) is 34.7. The van der Waals surface area contributed by atoms with Crippen molar-refractivity contribution in [2.75, 3.05) is 20.3 Å². The second-order valence-corrected chi connectivity index (χ2v) is 7.64. The summed E-state index contributed by atoms with van der Waals surface area (Å²) < 4.78 is 4.87. The summed E-state index contributed by atoms with van der Waals surface area (Å²) in [6.07, 6.45) is 7.97. The van der Waals surface area contributed by atoms with Crippen LogP contribution in [0.4, 0.5) is 0 Å². The molecule has 1 N–H and O–H groups in total. The lowest BCUT2D eigenvalue weighted by Gasteiger charge is -2.35. The van der Waals surface area contributed by atoms with E-state index in [1.165, 1.54) is 39.2 Å². The molecule has 0 aromatic rings. The molecule has 0 bridgehead atoms. The van der Waals surface area contributed by atoms with Crippen molar-refractivity contribution in [3.63, 3.8) is 0 Å². The first-order valence-corrected chi connectivity index (χ1v) is 9.18. The zero-order chi connectivity index (χ0) is 16.4. The third-order valence-electron chi connectivity index (χ3n) is 6.22. The lowest BCUT2D eigenvalue weighted by molar-refractivity contribution is -0.132. The van der Waals surface area contributed by atoms with Crippen molar-refractivity contribution in [2.45, 2.75) is 64.0 Å². The van der Waals surface area contributed by atoms with Crippen molar-refractivity contribution in [2.24, 2.45) is 17.8 Å². The van der Waals surface area contributed by atoms with E-state index in [0.29, 0.717) is 48.7 Å². The van der Waals surface area contributed by atoms with E-state index in [0.717, 1.165) is 6.42 Å². The van der Waals surface area contributed by atoms with Crippen LogP contribution < -0.4 is 5.32 Å². The zero-order valence-electron chi connectivity index (χ0n) is 14.4. The number of amides is 2. The Hall–Kier alpha value is -1.10. The molecule has 4 atom stereocenters. The molecular formula is C18H30N2O3. The molecule has 0 unspecified atom stereocenters. The van der Waals surface area contributed by atoms with Crippen LogP contribution in [0.5, 0.6) is 0 Å². The highest BCUT2D eigenvalue weighted by molar-refractivity contribution is 5.80. The van der Waals surface area contributed by atoms with Crippen molar-refractivity contribution in [1.29, 1.82) is 0 Å². The Morgan fingerprint density at radius 3 is 2.74 bits per heavy atom. The van der Waals surface area contributed by atoms with E-state index < -0.39 is 0 Å². The predicted molar refractivity (Wildman–Crippen MR) is 87.8 cm³/mol. The molecule has 2 amide bonds. The Morgan fingerprint density at radius 2 is 2.04 bits per heavy atom. The fourth-order valence-corrected chi connectivity index (χ4v) is 5.14. The number of hydrogen-bond acceptors (Lipinski definition) is 3. The van der Waals surface area contributed by atoms with Gasteiger partial charge in [0.15, 0.2) is 0 Å². The lowest BCUT2D eigenvalue weighted by atomic mass is 9.88. The Kier molecular flexibility index (Phi) is 5.24. The summed E-state index contributed by atoms with van der Waals surface area (Å²) in [4.78, 5) is 26.5. The first-order chi connectivity index (χ1) is 11.1. The largest absolute Gasteiger partial charge is 0.375 e. The fourth-order valence-electron chi connectivity index (χ4n) is 5.14. The minimum atomic E-state index is -0.0587. The van der Waals surface area contributed by atoms with E-state index in [2.05, 4.69) is 17.1 Å². The van der Waals surface area contributed by atoms with Crippen LogP contribution in [0.15, 0.2) is 0 Å². The predicted octanol–water partition coefficient (Wildman–Crippen LogP) is 1.95. The molecule has 5 heteroatoms. The maximum atomic E-state index is 12.6. The van der Waals surface area contributed by atoms with Gasteiger partial charge in [0.2, 0.25) is 11.8 Å². The molecule has 1 heterocycles. The summed E-state index contributed by atoms with van der Waals surface area (Å²) in [6, 6.07) is 0.880. The monoisotopic (exact) mass is 322 g/mol. The minimum absolute atomic E-state index is 0.0587. The molecule has 0 aromatic heterocycles. The first-order valence-electron chi connectivity index (χ1n) is 9.18. The van der Waals surface area contributed by atoms with Gasteiger partial charge < -0.3 is 15.0 Å². The second-order valence-electron chi connectivity index (χ2n) is 7.64. The molecular weight excluding hydrogens is 292 g/mol. The average Bonchev–Trinajstić information content (AvgIpc) is 2.99. The molecule has 0 spiro atoms. The van der Waals surface area contributed by atoms with Crippen molar-refractivity contribution in [3.8, 4) is 0 Å². The van der Waals surface area contributed by atoms with Crippen LogP contribution in [0.2, 0.25) is 0 Å². The van der Waals surface area contributed by atoms with Gasteiger partial charge in [0.05, 0.1) is 0 Å². The molecule has 3 rings (SSSR count). The number of carbonyl (C=O) groups excluding carboxylic acids is 2. The van der Waals surface area contributed by atoms with Gasteiger partial charge in [-0.05, 0) is 37.0 Å². The van der Waals surface area contributed by atoms with Crippen LogP contribution >= 0.6 is 0 Å². The van der Waals surface area contributed by atoms with Crippen LogP contribution in [0.3, 0.4) is 0 Å². The number of nitrogens with one attached hydrogen (secondary N) is 1. The molecule has 1 saturated heterocycles. The average molecular weight is 322 g/mol. The molecule has 23 heavy (non-hydrogen) atoms. The molecule has 2 aliphatic carbocycles. The standard InChI is InChI=1S/C18H30N2O3/c1-12-8-16-14(15(12)10-19-17(21)11-23-2)9-18(22)20(16)13-6-4-3-5-7-13/h12-16H,3-11H2,1-2H3,(H,19,21)/t12-,14-,15+,16+/m0/s1. The molecule has 0 radical (unpaired) electrons. The highest BCUT2D eigenvalue weighted by Gasteiger charge is 2.52. The quantitative estimate of drug-likeness (QED) is 0.842. The summed E-state index contributed by atoms with van der Waals surface area (Å²) in [5.74, 6) is 1.69. The number of nitrogens with zero attached hydrogens (tertiary/aromatic N) is 1. The summed E-state index contributed by atoms with van der Waals surface area (Å²) >= 11 is 0. The number of hydrogen-bond donors (Lipinski definition) is 1. The number of rotatable bonds is 5. The summed E-state index contributed by atoms with van der Waals surface area (Å²) in [6.45, 7) is 3.06. The van der Waals surface area contributed by atoms with Gasteiger partial charge in [0.25, 0.3) is 0 Å². The summed E-state index contributed by atoms with van der Waals surface area (Å²) in [5.41, 5.74) is 0. The Labute approximate surface area is 139 Å². The molecule has 5 nitrogen and oxygen atoms in total. The molecule has 0 aromatic carbocycles. The van der Waals surface area contributed by atoms with Gasteiger partial charge in [0.1, 0.15) is 6.61 Å². The number of carbonyl (C=O) groups is 2. The van der Waals surface area contributed by atoms with E-state index in [-0.39, 0.29) is 12.5 Å². The van der Waals surface area contributed by atoms with E-state index >= 15 is 0 Å². The lowest BCUT2D eigenvalue weighted by Crippen LogP contribution is -2.43. The smallest absolute Gasteiger partial charge is 0.245 e. The highest BCUT2D eigenvalue weighted by Crippen LogP contribution is 2.47. The van der Waals surface area contributed by atoms with Crippen LogP contribution in [0.25, 0.3) is 0 Å². The minimum Gasteiger partial charge on any atom is -0.375 e. The SMILES string of the molecule is COCC(=O)NC[C@H]1[C@@H]2CC(=O)N(C3CCCCC3)[C@@H]2C[C@@H]1C. The number of ether oxygens (including phenoxy) is 1. The third kappa shape index (κ3) is 3.39. The number of fused-ring (bicyclic) bond motifs is 1. The van der Waals surface area contributed by atoms with Gasteiger partial charge in [0, 0.05) is 32.2 Å². The van der Waals surface area contributed by atoms with Gasteiger partial charge in [-0.2, -0.15) is 0 Å². The maximum absolute atomic E-state index is 12.6. The highest BCUT2D eigenvalue weighted by atomic mass is 16.5. The van der Waals surface area contributed by atoms with E-state index in [4.69, 9.17) is 4.74 Å². The Bertz CT molecular complexity index is 448. The second kappa shape index (κ2) is 7.20. The zero-order valence-corrected chi connectivity index (χ0v) is 14.4. The first kappa shape index (κ1) is 16.7. The molecule has 1 aliphatic heterocycles.